The average Bonchev–Trinajstić information content (AvgIpc) is 2.28. The molecule has 0 bridgehead atoms. The maximum absolute atomic E-state index is 9.77. The van der Waals surface area contributed by atoms with Crippen molar-refractivity contribution in [3.8, 4) is 5.75 Å². The van der Waals surface area contributed by atoms with Gasteiger partial charge in [0.15, 0.2) is 0 Å². The molecule has 0 aromatic heterocycles. The number of benzene rings is 1. The van der Waals surface area contributed by atoms with Crippen LogP contribution in [0.5, 0.6) is 5.75 Å². The van der Waals surface area contributed by atoms with Crippen molar-refractivity contribution in [3.63, 3.8) is 0 Å². The molecule has 3 heteroatoms. The van der Waals surface area contributed by atoms with E-state index in [1.165, 1.54) is 5.56 Å². The topological polar surface area (TPSA) is 29.5 Å². The Morgan fingerprint density at radius 1 is 1.29 bits per heavy atom. The third kappa shape index (κ3) is 5.00. The standard InChI is InChI=1S/C14H22O2S/c1-10(2)17-9-13(15)8-16-14-7-5-6-11(3)12(14)4/h5-7,10,13,15H,8-9H2,1-4H3. The molecule has 1 atom stereocenters. The molecule has 0 amide bonds. The first kappa shape index (κ1) is 14.4. The summed E-state index contributed by atoms with van der Waals surface area (Å²) in [6.07, 6.45) is -0.401. The van der Waals surface area contributed by atoms with Gasteiger partial charge in [-0.15, -0.1) is 0 Å². The second-order valence-electron chi connectivity index (χ2n) is 4.54. The van der Waals surface area contributed by atoms with Gasteiger partial charge in [0.1, 0.15) is 12.4 Å². The number of hydrogen-bond acceptors (Lipinski definition) is 3. The highest BCUT2D eigenvalue weighted by atomic mass is 32.2. The van der Waals surface area contributed by atoms with Crippen LogP contribution < -0.4 is 4.74 Å². The molecule has 1 rings (SSSR count). The van der Waals surface area contributed by atoms with Crippen molar-refractivity contribution in [2.75, 3.05) is 12.4 Å². The van der Waals surface area contributed by atoms with E-state index in [0.29, 0.717) is 11.9 Å². The van der Waals surface area contributed by atoms with Crippen LogP contribution in [-0.4, -0.2) is 28.8 Å². The minimum Gasteiger partial charge on any atom is -0.491 e. The number of rotatable bonds is 6. The molecule has 17 heavy (non-hydrogen) atoms. The van der Waals surface area contributed by atoms with E-state index in [-0.39, 0.29) is 0 Å². The third-order valence-corrected chi connectivity index (χ3v) is 3.85. The predicted molar refractivity (Wildman–Crippen MR) is 75.0 cm³/mol. The van der Waals surface area contributed by atoms with Gasteiger partial charge >= 0.3 is 0 Å². The summed E-state index contributed by atoms with van der Waals surface area (Å²) >= 11 is 1.75. The Morgan fingerprint density at radius 2 is 2.00 bits per heavy atom. The van der Waals surface area contributed by atoms with E-state index < -0.39 is 6.10 Å². The van der Waals surface area contributed by atoms with Crippen molar-refractivity contribution in [2.45, 2.75) is 39.0 Å². The molecule has 2 nitrogen and oxygen atoms in total. The molecule has 1 aromatic rings. The Kier molecular flexibility index (Phi) is 5.86. The van der Waals surface area contributed by atoms with Gasteiger partial charge in [0, 0.05) is 5.75 Å². The van der Waals surface area contributed by atoms with E-state index in [2.05, 4.69) is 26.8 Å². The van der Waals surface area contributed by atoms with Gasteiger partial charge in [0.2, 0.25) is 0 Å². The van der Waals surface area contributed by atoms with Crippen LogP contribution in [0.1, 0.15) is 25.0 Å². The maximum Gasteiger partial charge on any atom is 0.122 e. The van der Waals surface area contributed by atoms with Crippen molar-refractivity contribution in [2.24, 2.45) is 0 Å². The van der Waals surface area contributed by atoms with Gasteiger partial charge in [-0.25, -0.2) is 0 Å². The van der Waals surface area contributed by atoms with Gasteiger partial charge in [-0.05, 0) is 36.3 Å². The highest BCUT2D eigenvalue weighted by Gasteiger charge is 2.08. The zero-order valence-electron chi connectivity index (χ0n) is 11.1. The summed E-state index contributed by atoms with van der Waals surface area (Å²) in [5.74, 6) is 1.60. The van der Waals surface area contributed by atoms with E-state index in [0.717, 1.165) is 17.1 Å². The highest BCUT2D eigenvalue weighted by molar-refractivity contribution is 7.99. The minimum atomic E-state index is -0.401. The van der Waals surface area contributed by atoms with Crippen molar-refractivity contribution < 1.29 is 9.84 Å². The second kappa shape index (κ2) is 6.92. The van der Waals surface area contributed by atoms with E-state index in [1.807, 2.05) is 19.1 Å². The van der Waals surface area contributed by atoms with Crippen molar-refractivity contribution in [1.82, 2.24) is 0 Å². The van der Waals surface area contributed by atoms with Gasteiger partial charge in [-0.2, -0.15) is 11.8 Å². The Morgan fingerprint density at radius 3 is 2.65 bits per heavy atom. The molecule has 0 heterocycles. The Bertz CT molecular complexity index is 350. The largest absolute Gasteiger partial charge is 0.491 e. The molecule has 96 valence electrons. The van der Waals surface area contributed by atoms with Gasteiger partial charge in [0.25, 0.3) is 0 Å². The smallest absolute Gasteiger partial charge is 0.122 e. The summed E-state index contributed by atoms with van der Waals surface area (Å²) < 4.78 is 5.65. The maximum atomic E-state index is 9.77. The van der Waals surface area contributed by atoms with Crippen LogP contribution in [0.2, 0.25) is 0 Å². The Balaban J connectivity index is 2.42. The number of ether oxygens (including phenoxy) is 1. The Hall–Kier alpha value is -0.670. The summed E-state index contributed by atoms with van der Waals surface area (Å²) in [6.45, 7) is 8.73. The molecule has 0 spiro atoms. The molecule has 0 saturated heterocycles. The second-order valence-corrected chi connectivity index (χ2v) is 6.15. The fourth-order valence-corrected chi connectivity index (χ4v) is 2.12. The summed E-state index contributed by atoms with van der Waals surface area (Å²) in [7, 11) is 0. The van der Waals surface area contributed by atoms with Crippen LogP contribution in [0.4, 0.5) is 0 Å². The van der Waals surface area contributed by atoms with E-state index in [1.54, 1.807) is 11.8 Å². The van der Waals surface area contributed by atoms with E-state index in [9.17, 15) is 5.11 Å². The van der Waals surface area contributed by atoms with Crippen LogP contribution in [-0.2, 0) is 0 Å². The number of aryl methyl sites for hydroxylation is 1. The first-order valence-corrected chi connectivity index (χ1v) is 7.04. The highest BCUT2D eigenvalue weighted by Crippen LogP contribution is 2.21. The van der Waals surface area contributed by atoms with Crippen molar-refractivity contribution in [3.05, 3.63) is 29.3 Å². The molecule has 0 saturated carbocycles. The molecule has 0 aliphatic heterocycles. The lowest BCUT2D eigenvalue weighted by atomic mass is 10.1. The quantitative estimate of drug-likeness (QED) is 0.845. The van der Waals surface area contributed by atoms with E-state index >= 15 is 0 Å². The summed E-state index contributed by atoms with van der Waals surface area (Å²) in [5, 5.41) is 10.3. The van der Waals surface area contributed by atoms with E-state index in [4.69, 9.17) is 4.74 Å². The van der Waals surface area contributed by atoms with Crippen LogP contribution in [0.15, 0.2) is 18.2 Å². The molecule has 0 fully saturated rings. The molecule has 0 radical (unpaired) electrons. The minimum absolute atomic E-state index is 0.365. The average molecular weight is 254 g/mol. The lowest BCUT2D eigenvalue weighted by Crippen LogP contribution is -2.21. The number of aliphatic hydroxyl groups excluding tert-OH is 1. The van der Waals surface area contributed by atoms with Crippen LogP contribution in [0.3, 0.4) is 0 Å². The molecule has 0 aliphatic carbocycles. The lowest BCUT2D eigenvalue weighted by molar-refractivity contribution is 0.126. The summed E-state index contributed by atoms with van der Waals surface area (Å²) in [6, 6.07) is 5.99. The molecule has 1 N–H and O–H groups in total. The number of thioether (sulfide) groups is 1. The molecule has 0 aliphatic rings. The zero-order chi connectivity index (χ0) is 12.8. The lowest BCUT2D eigenvalue weighted by Gasteiger charge is -2.15. The fraction of sp³-hybridized carbons (Fsp3) is 0.571. The van der Waals surface area contributed by atoms with Crippen LogP contribution >= 0.6 is 11.8 Å². The van der Waals surface area contributed by atoms with Crippen LogP contribution in [0.25, 0.3) is 0 Å². The van der Waals surface area contributed by atoms with Crippen LogP contribution in [0, 0.1) is 13.8 Å². The fourth-order valence-electron chi connectivity index (χ4n) is 1.42. The normalized spacial score (nSPS) is 12.8. The summed E-state index contributed by atoms with van der Waals surface area (Å²) in [5.41, 5.74) is 2.37. The van der Waals surface area contributed by atoms with Crippen molar-refractivity contribution in [1.29, 1.82) is 0 Å². The number of aliphatic hydroxyl groups is 1. The summed E-state index contributed by atoms with van der Waals surface area (Å²) in [4.78, 5) is 0. The van der Waals surface area contributed by atoms with Gasteiger partial charge < -0.3 is 9.84 Å². The first-order chi connectivity index (χ1) is 8.00. The van der Waals surface area contributed by atoms with Gasteiger partial charge in [0.05, 0.1) is 6.10 Å². The molecular weight excluding hydrogens is 232 g/mol. The monoisotopic (exact) mass is 254 g/mol. The van der Waals surface area contributed by atoms with Crippen molar-refractivity contribution >= 4 is 11.8 Å². The zero-order valence-corrected chi connectivity index (χ0v) is 11.9. The number of hydrogen-bond donors (Lipinski definition) is 1. The molecule has 1 unspecified atom stereocenters. The van der Waals surface area contributed by atoms with Gasteiger partial charge in [-0.3, -0.25) is 0 Å². The SMILES string of the molecule is Cc1cccc(OCC(O)CSC(C)C)c1C. The molecule has 1 aromatic carbocycles. The van der Waals surface area contributed by atoms with Gasteiger partial charge in [-0.1, -0.05) is 26.0 Å². The third-order valence-electron chi connectivity index (χ3n) is 2.61. The molecular formula is C14H22O2S. The predicted octanol–water partition coefficient (Wildman–Crippen LogP) is 3.18. The Labute approximate surface area is 108 Å². The first-order valence-electron chi connectivity index (χ1n) is 5.99.